The molecule has 0 saturated carbocycles. The molecule has 2 N–H and O–H groups in total. The second-order valence-corrected chi connectivity index (χ2v) is 6.81. The van der Waals surface area contributed by atoms with Crippen molar-refractivity contribution >= 4 is 21.8 Å². The number of aromatic nitrogens is 2. The smallest absolute Gasteiger partial charge is 0.323 e. The molecule has 0 radical (unpaired) electrons. The summed E-state index contributed by atoms with van der Waals surface area (Å²) in [6, 6.07) is 1.60. The first kappa shape index (κ1) is 15.5. The Labute approximate surface area is 112 Å². The first-order chi connectivity index (χ1) is 8.64. The van der Waals surface area contributed by atoms with Crippen LogP contribution in [0.2, 0.25) is 0 Å². The van der Waals surface area contributed by atoms with Crippen molar-refractivity contribution in [2.24, 2.45) is 0 Å². The van der Waals surface area contributed by atoms with Crippen LogP contribution in [0.15, 0.2) is 6.07 Å². The third-order valence-corrected chi connectivity index (χ3v) is 3.40. The summed E-state index contributed by atoms with van der Waals surface area (Å²) in [4.78, 5) is 11.1. The van der Waals surface area contributed by atoms with E-state index in [4.69, 9.17) is 0 Å². The van der Waals surface area contributed by atoms with Gasteiger partial charge >= 0.3 is 5.97 Å². The van der Waals surface area contributed by atoms with E-state index < -0.39 is 21.7 Å². The Morgan fingerprint density at radius 1 is 1.47 bits per heavy atom. The summed E-state index contributed by atoms with van der Waals surface area (Å²) in [5.41, 5.74) is 0.624. The summed E-state index contributed by atoms with van der Waals surface area (Å²) in [6.07, 6.45) is 0. The minimum atomic E-state index is -3.80. The zero-order chi connectivity index (χ0) is 14.7. The number of hydrogen-bond donors (Lipinski definition) is 2. The number of aromatic amines is 1. The summed E-state index contributed by atoms with van der Waals surface area (Å²) in [6.45, 7) is 7.67. The van der Waals surface area contributed by atoms with Gasteiger partial charge in [-0.1, -0.05) is 20.8 Å². The van der Waals surface area contributed by atoms with Gasteiger partial charge in [0, 0.05) is 17.2 Å². The molecular weight excluding hydrogens is 270 g/mol. The van der Waals surface area contributed by atoms with E-state index in [1.54, 1.807) is 13.0 Å². The molecule has 0 aliphatic heterocycles. The van der Waals surface area contributed by atoms with E-state index in [0.717, 1.165) is 5.69 Å². The number of ether oxygens (including phenoxy) is 1. The van der Waals surface area contributed by atoms with E-state index in [2.05, 4.69) is 19.7 Å². The van der Waals surface area contributed by atoms with Gasteiger partial charge < -0.3 is 4.74 Å². The third-order valence-electron chi connectivity index (χ3n) is 2.26. The van der Waals surface area contributed by atoms with Crippen molar-refractivity contribution in [2.75, 3.05) is 17.1 Å². The quantitative estimate of drug-likeness (QED) is 0.788. The van der Waals surface area contributed by atoms with E-state index >= 15 is 0 Å². The van der Waals surface area contributed by atoms with Gasteiger partial charge in [-0.3, -0.25) is 14.6 Å². The van der Waals surface area contributed by atoms with Crippen molar-refractivity contribution in [3.8, 4) is 0 Å². The van der Waals surface area contributed by atoms with Crippen molar-refractivity contribution in [1.82, 2.24) is 10.2 Å². The highest BCUT2D eigenvalue weighted by atomic mass is 32.2. The topological polar surface area (TPSA) is 101 Å². The number of sulfonamides is 1. The lowest BCUT2D eigenvalue weighted by Gasteiger charge is -2.14. The van der Waals surface area contributed by atoms with Gasteiger partial charge in [0.1, 0.15) is 0 Å². The van der Waals surface area contributed by atoms with Crippen molar-refractivity contribution in [3.05, 3.63) is 11.8 Å². The second kappa shape index (κ2) is 5.60. The zero-order valence-electron chi connectivity index (χ0n) is 11.5. The summed E-state index contributed by atoms with van der Waals surface area (Å²) < 4.78 is 30.2. The van der Waals surface area contributed by atoms with Crippen LogP contribution in [0.1, 0.15) is 33.4 Å². The number of carbonyl (C=O) groups excluding carboxylic acids is 1. The predicted octanol–water partition coefficient (Wildman–Crippen LogP) is 1.01. The number of nitrogens with zero attached hydrogens (tertiary/aromatic N) is 1. The minimum absolute atomic E-state index is 0.144. The maximum absolute atomic E-state index is 11.7. The molecule has 0 aromatic carbocycles. The Balaban J connectivity index is 2.74. The predicted molar refractivity (Wildman–Crippen MR) is 71.3 cm³/mol. The van der Waals surface area contributed by atoms with Crippen molar-refractivity contribution < 1.29 is 17.9 Å². The van der Waals surface area contributed by atoms with E-state index in [9.17, 15) is 13.2 Å². The molecule has 0 bridgehead atoms. The van der Waals surface area contributed by atoms with Crippen LogP contribution in [0.3, 0.4) is 0 Å². The molecule has 0 atom stereocenters. The van der Waals surface area contributed by atoms with Gasteiger partial charge in [0.2, 0.25) is 10.0 Å². The third kappa shape index (κ3) is 4.90. The average Bonchev–Trinajstić information content (AvgIpc) is 2.63. The Kier molecular flexibility index (Phi) is 4.56. The van der Waals surface area contributed by atoms with Crippen LogP contribution in [0.25, 0.3) is 0 Å². The molecule has 1 aromatic rings. The summed E-state index contributed by atoms with van der Waals surface area (Å²) in [7, 11) is -3.80. The average molecular weight is 289 g/mol. The SMILES string of the molecule is CCOC(=O)CS(=O)(=O)Nc1cc(C(C)(C)C)[nH]n1. The van der Waals surface area contributed by atoms with E-state index in [1.165, 1.54) is 0 Å². The van der Waals surface area contributed by atoms with Crippen LogP contribution < -0.4 is 4.72 Å². The van der Waals surface area contributed by atoms with E-state index in [1.807, 2.05) is 20.8 Å². The molecule has 19 heavy (non-hydrogen) atoms. The fourth-order valence-corrected chi connectivity index (χ4v) is 2.20. The molecule has 0 aliphatic carbocycles. The van der Waals surface area contributed by atoms with Crippen molar-refractivity contribution in [2.45, 2.75) is 33.1 Å². The van der Waals surface area contributed by atoms with Crippen LogP contribution in [-0.2, 0) is 25.0 Å². The fourth-order valence-electron chi connectivity index (χ4n) is 1.31. The fraction of sp³-hybridized carbons (Fsp3) is 0.636. The molecule has 0 amide bonds. The number of nitrogens with one attached hydrogen (secondary N) is 2. The number of carbonyl (C=O) groups is 1. The normalized spacial score (nSPS) is 12.2. The van der Waals surface area contributed by atoms with Crippen LogP contribution in [0, 0.1) is 0 Å². The van der Waals surface area contributed by atoms with Gasteiger partial charge in [0.15, 0.2) is 11.6 Å². The van der Waals surface area contributed by atoms with E-state index in [0.29, 0.717) is 0 Å². The lowest BCUT2D eigenvalue weighted by molar-refractivity contribution is -0.139. The highest BCUT2D eigenvalue weighted by Gasteiger charge is 2.21. The molecular formula is C11H19N3O4S. The molecule has 0 fully saturated rings. The van der Waals surface area contributed by atoms with Crippen LogP contribution in [0.5, 0.6) is 0 Å². The number of hydrogen-bond acceptors (Lipinski definition) is 5. The number of anilines is 1. The maximum Gasteiger partial charge on any atom is 0.323 e. The molecule has 0 unspecified atom stereocenters. The highest BCUT2D eigenvalue weighted by Crippen LogP contribution is 2.22. The first-order valence-corrected chi connectivity index (χ1v) is 7.51. The molecule has 0 aliphatic rings. The number of rotatable bonds is 5. The summed E-state index contributed by atoms with van der Waals surface area (Å²) in [5.74, 6) is -1.35. The molecule has 8 heteroatoms. The Hall–Kier alpha value is -1.57. The van der Waals surface area contributed by atoms with Crippen LogP contribution in [0.4, 0.5) is 5.82 Å². The molecule has 0 spiro atoms. The van der Waals surface area contributed by atoms with Gasteiger partial charge in [-0.25, -0.2) is 8.42 Å². The lowest BCUT2D eigenvalue weighted by Crippen LogP contribution is -2.24. The van der Waals surface area contributed by atoms with Crippen molar-refractivity contribution in [3.63, 3.8) is 0 Å². The number of H-pyrrole nitrogens is 1. The summed E-state index contributed by atoms with van der Waals surface area (Å²) >= 11 is 0. The van der Waals surface area contributed by atoms with Crippen molar-refractivity contribution in [1.29, 1.82) is 0 Å². The van der Waals surface area contributed by atoms with Crippen LogP contribution >= 0.6 is 0 Å². The van der Waals surface area contributed by atoms with Gasteiger partial charge in [-0.15, -0.1) is 0 Å². The molecule has 1 rings (SSSR count). The number of esters is 1. The Morgan fingerprint density at radius 3 is 2.58 bits per heavy atom. The minimum Gasteiger partial charge on any atom is -0.465 e. The molecule has 0 saturated heterocycles. The monoisotopic (exact) mass is 289 g/mol. The maximum atomic E-state index is 11.7. The van der Waals surface area contributed by atoms with Gasteiger partial charge in [0.05, 0.1) is 6.61 Å². The largest absolute Gasteiger partial charge is 0.465 e. The highest BCUT2D eigenvalue weighted by molar-refractivity contribution is 7.93. The first-order valence-electron chi connectivity index (χ1n) is 5.86. The lowest BCUT2D eigenvalue weighted by atomic mass is 9.92. The molecule has 1 aromatic heterocycles. The molecule has 7 nitrogen and oxygen atoms in total. The second-order valence-electron chi connectivity index (χ2n) is 5.08. The zero-order valence-corrected chi connectivity index (χ0v) is 12.3. The van der Waals surface area contributed by atoms with Gasteiger partial charge in [-0.05, 0) is 6.92 Å². The van der Waals surface area contributed by atoms with E-state index in [-0.39, 0.29) is 17.8 Å². The standard InChI is InChI=1S/C11H19N3O4S/c1-5-18-10(15)7-19(16,17)14-9-6-8(12-13-9)11(2,3)4/h6H,5,7H2,1-4H3,(H2,12,13,14). The Bertz CT molecular complexity index is 543. The summed E-state index contributed by atoms with van der Waals surface area (Å²) in [5, 5.41) is 6.61. The molecule has 1 heterocycles. The molecule has 108 valence electrons. The van der Waals surface area contributed by atoms with Gasteiger partial charge in [0.25, 0.3) is 0 Å². The van der Waals surface area contributed by atoms with Crippen LogP contribution in [-0.4, -0.2) is 36.9 Å². The van der Waals surface area contributed by atoms with Gasteiger partial charge in [-0.2, -0.15) is 5.10 Å². The Morgan fingerprint density at radius 2 is 2.11 bits per heavy atom.